The summed E-state index contributed by atoms with van der Waals surface area (Å²) in [5.74, 6) is 0.377. The third-order valence-corrected chi connectivity index (χ3v) is 6.55. The molecular weight excluding hydrogens is 457 g/mol. The van der Waals surface area contributed by atoms with E-state index in [4.69, 9.17) is 4.74 Å². The standard InChI is InChI=1S/C29H34FN3O3/c1-29(2,3)36-28(35)32-18-20-10-8-19(9-11-20)17-31-27(34)24-16-26(21-12-14-22(30)15-13-21)33-25-7-5-4-6-23(24)25/h4-7,12-16,19-20H,8-11,17-18H2,1-3H3,(H,31,34)(H,32,35). The summed E-state index contributed by atoms with van der Waals surface area (Å²) in [6.45, 7) is 6.77. The highest BCUT2D eigenvalue weighted by molar-refractivity contribution is 6.07. The molecule has 190 valence electrons. The van der Waals surface area contributed by atoms with Crippen molar-refractivity contribution in [1.29, 1.82) is 0 Å². The number of amides is 2. The van der Waals surface area contributed by atoms with E-state index in [2.05, 4.69) is 15.6 Å². The Morgan fingerprint density at radius 3 is 2.19 bits per heavy atom. The smallest absolute Gasteiger partial charge is 0.407 e. The number of pyridine rings is 1. The van der Waals surface area contributed by atoms with Crippen LogP contribution in [0, 0.1) is 17.7 Å². The molecule has 6 nitrogen and oxygen atoms in total. The molecule has 0 atom stereocenters. The van der Waals surface area contributed by atoms with Crippen LogP contribution in [-0.2, 0) is 4.74 Å². The van der Waals surface area contributed by atoms with Gasteiger partial charge in [0.25, 0.3) is 5.91 Å². The molecule has 1 aliphatic carbocycles. The fraction of sp³-hybridized carbons (Fsp3) is 0.414. The Bertz CT molecular complexity index is 1210. The molecule has 0 bridgehead atoms. The lowest BCUT2D eigenvalue weighted by atomic mass is 9.82. The van der Waals surface area contributed by atoms with Crippen LogP contribution in [0.1, 0.15) is 56.8 Å². The maximum Gasteiger partial charge on any atom is 0.407 e. The predicted octanol–water partition coefficient (Wildman–Crippen LogP) is 6.10. The summed E-state index contributed by atoms with van der Waals surface area (Å²) in [5, 5.41) is 6.79. The summed E-state index contributed by atoms with van der Waals surface area (Å²) in [4.78, 5) is 29.8. The quantitative estimate of drug-likeness (QED) is 0.437. The second-order valence-electron chi connectivity index (χ2n) is 10.6. The molecule has 0 spiro atoms. The topological polar surface area (TPSA) is 80.3 Å². The number of nitrogens with zero attached hydrogens (tertiary/aromatic N) is 1. The summed E-state index contributed by atoms with van der Waals surface area (Å²) >= 11 is 0. The highest BCUT2D eigenvalue weighted by atomic mass is 19.1. The van der Waals surface area contributed by atoms with Gasteiger partial charge in [-0.15, -0.1) is 0 Å². The van der Waals surface area contributed by atoms with Crippen molar-refractivity contribution in [1.82, 2.24) is 15.6 Å². The summed E-state index contributed by atoms with van der Waals surface area (Å²) in [6.07, 6.45) is 3.63. The Morgan fingerprint density at radius 2 is 1.56 bits per heavy atom. The van der Waals surface area contributed by atoms with Gasteiger partial charge in [0.15, 0.2) is 0 Å². The van der Waals surface area contributed by atoms with Crippen LogP contribution in [0.15, 0.2) is 54.6 Å². The van der Waals surface area contributed by atoms with Crippen LogP contribution >= 0.6 is 0 Å². The van der Waals surface area contributed by atoms with Gasteiger partial charge in [-0.2, -0.15) is 0 Å². The number of fused-ring (bicyclic) bond motifs is 1. The number of alkyl carbamates (subject to hydrolysis) is 1. The Labute approximate surface area is 211 Å². The van der Waals surface area contributed by atoms with E-state index in [0.717, 1.165) is 42.1 Å². The maximum atomic E-state index is 13.4. The number of hydrogen-bond acceptors (Lipinski definition) is 4. The predicted molar refractivity (Wildman–Crippen MR) is 139 cm³/mol. The van der Waals surface area contributed by atoms with Crippen molar-refractivity contribution in [3.05, 3.63) is 66.0 Å². The average molecular weight is 492 g/mol. The van der Waals surface area contributed by atoms with Gasteiger partial charge in [-0.25, -0.2) is 14.2 Å². The van der Waals surface area contributed by atoms with Crippen molar-refractivity contribution in [2.75, 3.05) is 13.1 Å². The molecule has 0 radical (unpaired) electrons. The monoisotopic (exact) mass is 491 g/mol. The van der Waals surface area contributed by atoms with Gasteiger partial charge < -0.3 is 15.4 Å². The number of benzene rings is 2. The minimum atomic E-state index is -0.500. The number of rotatable bonds is 6. The molecule has 2 amide bonds. The third kappa shape index (κ3) is 6.80. The molecule has 2 N–H and O–H groups in total. The Balaban J connectivity index is 1.35. The van der Waals surface area contributed by atoms with Crippen molar-refractivity contribution in [2.24, 2.45) is 11.8 Å². The van der Waals surface area contributed by atoms with E-state index in [9.17, 15) is 14.0 Å². The number of ether oxygens (including phenoxy) is 1. The highest BCUT2D eigenvalue weighted by Crippen LogP contribution is 2.29. The maximum absolute atomic E-state index is 13.4. The van der Waals surface area contributed by atoms with Gasteiger partial charge in [-0.1, -0.05) is 18.2 Å². The molecule has 1 fully saturated rings. The number of hydrogen-bond donors (Lipinski definition) is 2. The lowest BCUT2D eigenvalue weighted by Gasteiger charge is -2.29. The number of nitrogens with one attached hydrogen (secondary N) is 2. The summed E-state index contributed by atoms with van der Waals surface area (Å²) in [5.41, 5.74) is 2.18. The first-order valence-corrected chi connectivity index (χ1v) is 12.6. The first-order valence-electron chi connectivity index (χ1n) is 12.6. The molecule has 7 heteroatoms. The average Bonchev–Trinajstić information content (AvgIpc) is 2.85. The highest BCUT2D eigenvalue weighted by Gasteiger charge is 2.24. The molecule has 0 unspecified atom stereocenters. The van der Waals surface area contributed by atoms with Crippen LogP contribution < -0.4 is 10.6 Å². The van der Waals surface area contributed by atoms with Crippen LogP contribution in [0.5, 0.6) is 0 Å². The van der Waals surface area contributed by atoms with Crippen LogP contribution in [0.3, 0.4) is 0 Å². The van der Waals surface area contributed by atoms with E-state index >= 15 is 0 Å². The zero-order chi connectivity index (χ0) is 25.7. The van der Waals surface area contributed by atoms with Crippen molar-refractivity contribution in [2.45, 2.75) is 52.1 Å². The van der Waals surface area contributed by atoms with Crippen LogP contribution in [0.2, 0.25) is 0 Å². The number of carbonyl (C=O) groups excluding carboxylic acids is 2. The zero-order valence-corrected chi connectivity index (χ0v) is 21.1. The zero-order valence-electron chi connectivity index (χ0n) is 21.1. The van der Waals surface area contributed by atoms with E-state index in [1.165, 1.54) is 12.1 Å². The third-order valence-electron chi connectivity index (χ3n) is 6.55. The second kappa shape index (κ2) is 11.1. The second-order valence-corrected chi connectivity index (χ2v) is 10.6. The summed E-state index contributed by atoms with van der Waals surface area (Å²) in [7, 11) is 0. The van der Waals surface area contributed by atoms with Gasteiger partial charge in [-0.3, -0.25) is 4.79 Å². The minimum absolute atomic E-state index is 0.134. The number of para-hydroxylation sites is 1. The molecule has 36 heavy (non-hydrogen) atoms. The van der Waals surface area contributed by atoms with Crippen molar-refractivity contribution in [3.8, 4) is 11.3 Å². The molecule has 4 rings (SSSR count). The van der Waals surface area contributed by atoms with E-state index in [1.54, 1.807) is 18.2 Å². The number of halogens is 1. The largest absolute Gasteiger partial charge is 0.444 e. The van der Waals surface area contributed by atoms with Crippen LogP contribution in [0.4, 0.5) is 9.18 Å². The summed E-state index contributed by atoms with van der Waals surface area (Å²) in [6, 6.07) is 15.5. The van der Waals surface area contributed by atoms with Crippen LogP contribution in [-0.4, -0.2) is 35.7 Å². The van der Waals surface area contributed by atoms with Crippen molar-refractivity contribution < 1.29 is 18.7 Å². The first kappa shape index (κ1) is 25.6. The molecule has 1 heterocycles. The lowest BCUT2D eigenvalue weighted by molar-refractivity contribution is 0.0512. The Hall–Kier alpha value is -3.48. The molecule has 3 aromatic rings. The fourth-order valence-electron chi connectivity index (χ4n) is 4.65. The number of carbonyl (C=O) groups is 2. The van der Waals surface area contributed by atoms with Crippen molar-refractivity contribution in [3.63, 3.8) is 0 Å². The molecule has 1 saturated carbocycles. The number of aromatic nitrogens is 1. The molecule has 0 aliphatic heterocycles. The molecule has 1 aliphatic rings. The van der Waals surface area contributed by atoms with E-state index in [-0.39, 0.29) is 17.8 Å². The minimum Gasteiger partial charge on any atom is -0.444 e. The molecule has 2 aromatic carbocycles. The van der Waals surface area contributed by atoms with E-state index in [0.29, 0.717) is 36.2 Å². The first-order chi connectivity index (χ1) is 17.2. The molecule has 0 saturated heterocycles. The van der Waals surface area contributed by atoms with E-state index in [1.807, 2.05) is 45.0 Å². The molecular formula is C29H34FN3O3. The molecule has 1 aromatic heterocycles. The summed E-state index contributed by atoms with van der Waals surface area (Å²) < 4.78 is 18.7. The van der Waals surface area contributed by atoms with Gasteiger partial charge in [0, 0.05) is 24.0 Å². The Morgan fingerprint density at radius 1 is 0.944 bits per heavy atom. The van der Waals surface area contributed by atoms with Gasteiger partial charge in [0.2, 0.25) is 0 Å². The van der Waals surface area contributed by atoms with Crippen molar-refractivity contribution >= 4 is 22.9 Å². The lowest BCUT2D eigenvalue weighted by Crippen LogP contribution is -2.37. The van der Waals surface area contributed by atoms with Gasteiger partial charge in [0.1, 0.15) is 11.4 Å². The van der Waals surface area contributed by atoms with Gasteiger partial charge >= 0.3 is 6.09 Å². The van der Waals surface area contributed by atoms with E-state index < -0.39 is 5.60 Å². The van der Waals surface area contributed by atoms with Crippen LogP contribution in [0.25, 0.3) is 22.2 Å². The van der Waals surface area contributed by atoms with Gasteiger partial charge in [0.05, 0.1) is 16.8 Å². The normalized spacial score (nSPS) is 18.0. The SMILES string of the molecule is CC(C)(C)OC(=O)NCC1CCC(CNC(=O)c2cc(-c3ccc(F)cc3)nc3ccccc23)CC1. The van der Waals surface area contributed by atoms with Gasteiger partial charge in [-0.05, 0) is 94.7 Å². The Kier molecular flexibility index (Phi) is 7.87. The fourth-order valence-corrected chi connectivity index (χ4v) is 4.65.